The quantitative estimate of drug-likeness (QED) is 0.829. The minimum absolute atomic E-state index is 0.244. The number of anilines is 1. The smallest absolute Gasteiger partial charge is 0.306 e. The minimum Gasteiger partial charge on any atom is -0.456 e. The molecule has 0 heterocycles. The van der Waals surface area contributed by atoms with E-state index in [0.717, 1.165) is 17.9 Å². The van der Waals surface area contributed by atoms with E-state index in [0.29, 0.717) is 29.0 Å². The summed E-state index contributed by atoms with van der Waals surface area (Å²) in [4.78, 5) is 23.8. The van der Waals surface area contributed by atoms with Crippen LogP contribution in [-0.2, 0) is 14.3 Å². The molecule has 0 aliphatic heterocycles. The maximum atomic E-state index is 11.9. The van der Waals surface area contributed by atoms with E-state index in [1.807, 2.05) is 13.0 Å². The number of halogens is 1. The molecule has 1 aromatic carbocycles. The van der Waals surface area contributed by atoms with Crippen molar-refractivity contribution < 1.29 is 14.3 Å². The topological polar surface area (TPSA) is 55.4 Å². The molecule has 4 nitrogen and oxygen atoms in total. The molecule has 124 valence electrons. The van der Waals surface area contributed by atoms with Gasteiger partial charge in [-0.15, -0.1) is 0 Å². The summed E-state index contributed by atoms with van der Waals surface area (Å²) in [5.41, 5.74) is 1.56. The Bertz CT molecular complexity index is 616. The van der Waals surface area contributed by atoms with Crippen LogP contribution in [0.1, 0.15) is 37.7 Å². The minimum atomic E-state index is -0.336. The van der Waals surface area contributed by atoms with E-state index in [1.165, 1.54) is 19.3 Å². The number of carbonyl (C=O) groups excluding carboxylic acids is 2. The Kier molecular flexibility index (Phi) is 4.90. The molecular formula is C18H22ClNO3. The molecule has 1 aromatic rings. The van der Waals surface area contributed by atoms with Gasteiger partial charge in [0.05, 0.1) is 0 Å². The molecule has 3 rings (SSSR count). The molecule has 0 saturated heterocycles. The van der Waals surface area contributed by atoms with Crippen molar-refractivity contribution in [2.24, 2.45) is 17.8 Å². The summed E-state index contributed by atoms with van der Waals surface area (Å²) in [5, 5.41) is 3.28. The first-order valence-electron chi connectivity index (χ1n) is 8.23. The van der Waals surface area contributed by atoms with Gasteiger partial charge in [0, 0.05) is 17.1 Å². The van der Waals surface area contributed by atoms with Gasteiger partial charge in [-0.25, -0.2) is 0 Å². The largest absolute Gasteiger partial charge is 0.456 e. The van der Waals surface area contributed by atoms with Crippen molar-refractivity contribution in [2.75, 3.05) is 11.9 Å². The lowest BCUT2D eigenvalue weighted by Gasteiger charge is -2.20. The van der Waals surface area contributed by atoms with Crippen LogP contribution in [0, 0.1) is 24.7 Å². The van der Waals surface area contributed by atoms with E-state index < -0.39 is 0 Å². The van der Waals surface area contributed by atoms with E-state index in [-0.39, 0.29) is 18.5 Å². The van der Waals surface area contributed by atoms with Gasteiger partial charge in [0.2, 0.25) is 0 Å². The number of aryl methyl sites for hydroxylation is 1. The van der Waals surface area contributed by atoms with Crippen molar-refractivity contribution in [2.45, 2.75) is 39.0 Å². The summed E-state index contributed by atoms with van der Waals surface area (Å²) in [6.45, 7) is 1.64. The SMILES string of the molecule is Cc1ccc(Cl)cc1NC(=O)COC(=O)C[C@@H]1C[C@H]2CC[C@H]1C2. The zero-order chi connectivity index (χ0) is 16.4. The van der Waals surface area contributed by atoms with Crippen molar-refractivity contribution in [1.29, 1.82) is 0 Å². The van der Waals surface area contributed by atoms with E-state index in [9.17, 15) is 9.59 Å². The lowest BCUT2D eigenvalue weighted by atomic mass is 9.86. The summed E-state index contributed by atoms with van der Waals surface area (Å²) in [6, 6.07) is 5.28. The number of amides is 1. The number of rotatable bonds is 5. The van der Waals surface area contributed by atoms with Crippen LogP contribution in [0.3, 0.4) is 0 Å². The summed E-state index contributed by atoms with van der Waals surface area (Å²) in [6.07, 6.45) is 5.43. The van der Waals surface area contributed by atoms with Crippen LogP contribution >= 0.6 is 11.6 Å². The van der Waals surface area contributed by atoms with Gasteiger partial charge in [0.15, 0.2) is 6.61 Å². The molecule has 2 saturated carbocycles. The average Bonchev–Trinajstić information content (AvgIpc) is 3.11. The predicted molar refractivity (Wildman–Crippen MR) is 89.3 cm³/mol. The molecule has 23 heavy (non-hydrogen) atoms. The van der Waals surface area contributed by atoms with Crippen molar-refractivity contribution in [3.8, 4) is 0 Å². The molecule has 2 bridgehead atoms. The molecule has 0 unspecified atom stereocenters. The number of esters is 1. The fraction of sp³-hybridized carbons (Fsp3) is 0.556. The fourth-order valence-electron chi connectivity index (χ4n) is 3.96. The molecular weight excluding hydrogens is 314 g/mol. The third kappa shape index (κ3) is 4.05. The second kappa shape index (κ2) is 6.91. The Morgan fingerprint density at radius 1 is 1.30 bits per heavy atom. The lowest BCUT2D eigenvalue weighted by Crippen LogP contribution is -2.23. The van der Waals surface area contributed by atoms with E-state index in [2.05, 4.69) is 5.32 Å². The lowest BCUT2D eigenvalue weighted by molar-refractivity contribution is -0.148. The molecule has 1 amide bonds. The molecule has 2 fully saturated rings. The molecule has 5 heteroatoms. The second-order valence-corrected chi connectivity index (χ2v) is 7.24. The third-order valence-electron chi connectivity index (χ3n) is 5.15. The summed E-state index contributed by atoms with van der Waals surface area (Å²) in [7, 11) is 0. The number of carbonyl (C=O) groups is 2. The summed E-state index contributed by atoms with van der Waals surface area (Å²) < 4.78 is 5.13. The first-order chi connectivity index (χ1) is 11.0. The van der Waals surface area contributed by atoms with Crippen LogP contribution in [0.5, 0.6) is 0 Å². The van der Waals surface area contributed by atoms with Crippen molar-refractivity contribution in [3.05, 3.63) is 28.8 Å². The third-order valence-corrected chi connectivity index (χ3v) is 5.39. The average molecular weight is 336 g/mol. The normalized spacial score (nSPS) is 25.4. The zero-order valence-electron chi connectivity index (χ0n) is 13.3. The summed E-state index contributed by atoms with van der Waals surface area (Å²) in [5.74, 6) is 1.36. The Hall–Kier alpha value is -1.55. The van der Waals surface area contributed by atoms with E-state index in [1.54, 1.807) is 12.1 Å². The van der Waals surface area contributed by atoms with Gasteiger partial charge >= 0.3 is 5.97 Å². The number of nitrogens with one attached hydrogen (secondary N) is 1. The van der Waals surface area contributed by atoms with Crippen LogP contribution in [-0.4, -0.2) is 18.5 Å². The predicted octanol–water partition coefficient (Wildman–Crippen LogP) is 3.96. The maximum Gasteiger partial charge on any atom is 0.306 e. The molecule has 3 atom stereocenters. The second-order valence-electron chi connectivity index (χ2n) is 6.81. The van der Waals surface area contributed by atoms with E-state index >= 15 is 0 Å². The van der Waals surface area contributed by atoms with E-state index in [4.69, 9.17) is 16.3 Å². The van der Waals surface area contributed by atoms with Crippen molar-refractivity contribution in [3.63, 3.8) is 0 Å². The van der Waals surface area contributed by atoms with Gasteiger partial charge in [-0.1, -0.05) is 24.1 Å². The van der Waals surface area contributed by atoms with Crippen LogP contribution in [0.2, 0.25) is 5.02 Å². The number of ether oxygens (including phenoxy) is 1. The number of hydrogen-bond donors (Lipinski definition) is 1. The van der Waals surface area contributed by atoms with Gasteiger partial charge < -0.3 is 10.1 Å². The van der Waals surface area contributed by atoms with Gasteiger partial charge in [0.1, 0.15) is 0 Å². The van der Waals surface area contributed by atoms with Gasteiger partial charge in [-0.05, 0) is 61.6 Å². The molecule has 0 spiro atoms. The van der Waals surface area contributed by atoms with Gasteiger partial charge in [0.25, 0.3) is 5.91 Å². The van der Waals surface area contributed by atoms with Gasteiger partial charge in [-0.2, -0.15) is 0 Å². The summed E-state index contributed by atoms with van der Waals surface area (Å²) >= 11 is 5.92. The molecule has 0 radical (unpaired) electrons. The van der Waals surface area contributed by atoms with Crippen molar-refractivity contribution in [1.82, 2.24) is 0 Å². The zero-order valence-corrected chi connectivity index (χ0v) is 14.1. The van der Waals surface area contributed by atoms with Gasteiger partial charge in [-0.3, -0.25) is 9.59 Å². The molecule has 1 N–H and O–H groups in total. The van der Waals surface area contributed by atoms with Crippen molar-refractivity contribution >= 4 is 29.2 Å². The monoisotopic (exact) mass is 335 g/mol. The maximum absolute atomic E-state index is 11.9. The Balaban J connectivity index is 1.43. The number of benzene rings is 1. The Morgan fingerprint density at radius 2 is 2.13 bits per heavy atom. The highest BCUT2D eigenvalue weighted by Gasteiger charge is 2.40. The Labute approximate surface area is 141 Å². The number of hydrogen-bond acceptors (Lipinski definition) is 3. The fourth-order valence-corrected chi connectivity index (χ4v) is 4.13. The molecule has 2 aliphatic rings. The number of fused-ring (bicyclic) bond motifs is 2. The molecule has 0 aromatic heterocycles. The highest BCUT2D eigenvalue weighted by Crippen LogP contribution is 2.49. The first-order valence-corrected chi connectivity index (χ1v) is 8.60. The Morgan fingerprint density at radius 3 is 2.83 bits per heavy atom. The highest BCUT2D eigenvalue weighted by molar-refractivity contribution is 6.31. The van der Waals surface area contributed by atoms with Crippen LogP contribution < -0.4 is 5.32 Å². The standard InChI is InChI=1S/C18H22ClNO3/c1-11-2-5-15(19)9-16(11)20-17(21)10-23-18(22)8-14-7-12-3-4-13(14)6-12/h2,5,9,12-14H,3-4,6-8,10H2,1H3,(H,20,21)/t12-,13-,14-/m0/s1. The highest BCUT2D eigenvalue weighted by atomic mass is 35.5. The van der Waals surface area contributed by atoms with Crippen LogP contribution in [0.25, 0.3) is 0 Å². The molecule has 2 aliphatic carbocycles. The van der Waals surface area contributed by atoms with Crippen LogP contribution in [0.4, 0.5) is 5.69 Å². The first kappa shape index (κ1) is 16.3. The van der Waals surface area contributed by atoms with Crippen LogP contribution in [0.15, 0.2) is 18.2 Å².